The van der Waals surface area contributed by atoms with E-state index in [1.165, 1.54) is 0 Å². The minimum atomic E-state index is -0.548. The highest BCUT2D eigenvalue weighted by Gasteiger charge is 2.27. The zero-order chi connectivity index (χ0) is 15.1. The predicted octanol–water partition coefficient (Wildman–Crippen LogP) is 0.450. The summed E-state index contributed by atoms with van der Waals surface area (Å²) >= 11 is 0. The molecule has 2 amide bonds. The van der Waals surface area contributed by atoms with Gasteiger partial charge >= 0.3 is 6.09 Å². The van der Waals surface area contributed by atoms with Crippen molar-refractivity contribution in [2.24, 2.45) is 5.84 Å². The fraction of sp³-hybridized carbons (Fsp3) is 0.429. The van der Waals surface area contributed by atoms with Crippen LogP contribution in [0.4, 0.5) is 4.79 Å². The molecule has 0 saturated carbocycles. The van der Waals surface area contributed by atoms with Gasteiger partial charge < -0.3 is 14.8 Å². The summed E-state index contributed by atoms with van der Waals surface area (Å²) in [5.41, 5.74) is 2.98. The number of nitrogens with one attached hydrogen (secondary N) is 2. The molecule has 114 valence electrons. The summed E-state index contributed by atoms with van der Waals surface area (Å²) in [6.07, 6.45) is 0.105. The van der Waals surface area contributed by atoms with E-state index in [1.54, 1.807) is 0 Å². The Labute approximate surface area is 122 Å². The van der Waals surface area contributed by atoms with Crippen molar-refractivity contribution in [1.29, 1.82) is 0 Å². The van der Waals surface area contributed by atoms with Crippen LogP contribution in [0.25, 0.3) is 0 Å². The molecule has 0 aliphatic carbocycles. The quantitative estimate of drug-likeness (QED) is 0.425. The van der Waals surface area contributed by atoms with Crippen molar-refractivity contribution < 1.29 is 19.1 Å². The van der Waals surface area contributed by atoms with Gasteiger partial charge in [0.1, 0.15) is 12.7 Å². The number of rotatable bonds is 4. The van der Waals surface area contributed by atoms with E-state index >= 15 is 0 Å². The third-order valence-electron chi connectivity index (χ3n) is 3.25. The number of amides is 2. The summed E-state index contributed by atoms with van der Waals surface area (Å²) in [7, 11) is 0. The van der Waals surface area contributed by atoms with Gasteiger partial charge in [-0.25, -0.2) is 10.6 Å². The van der Waals surface area contributed by atoms with Gasteiger partial charge in [-0.3, -0.25) is 10.2 Å². The maximum Gasteiger partial charge on any atom is 0.407 e. The van der Waals surface area contributed by atoms with Gasteiger partial charge in [0, 0.05) is 0 Å². The van der Waals surface area contributed by atoms with Crippen molar-refractivity contribution in [1.82, 2.24) is 10.7 Å². The molecule has 1 heterocycles. The van der Waals surface area contributed by atoms with Crippen molar-refractivity contribution in [2.45, 2.75) is 31.6 Å². The van der Waals surface area contributed by atoms with Crippen LogP contribution in [0.5, 0.6) is 0 Å². The predicted molar refractivity (Wildman–Crippen MR) is 74.9 cm³/mol. The zero-order valence-electron chi connectivity index (χ0n) is 11.6. The molecule has 0 radical (unpaired) electrons. The fourth-order valence-corrected chi connectivity index (χ4v) is 2.10. The molecule has 0 bridgehead atoms. The topological polar surface area (TPSA) is 103 Å². The van der Waals surface area contributed by atoms with Crippen LogP contribution in [-0.2, 0) is 20.9 Å². The highest BCUT2D eigenvalue weighted by molar-refractivity contribution is 5.80. The fourth-order valence-electron chi connectivity index (χ4n) is 2.10. The summed E-state index contributed by atoms with van der Waals surface area (Å²) in [4.78, 5) is 22.9. The number of carbonyl (C=O) groups is 2. The van der Waals surface area contributed by atoms with E-state index in [1.807, 2.05) is 30.3 Å². The van der Waals surface area contributed by atoms with Crippen molar-refractivity contribution in [2.75, 3.05) is 6.61 Å². The summed E-state index contributed by atoms with van der Waals surface area (Å²) in [6, 6.07) is 9.27. The lowest BCUT2D eigenvalue weighted by Gasteiger charge is -2.28. The highest BCUT2D eigenvalue weighted by atomic mass is 16.5. The number of alkyl carbamates (subject to hydrolysis) is 1. The van der Waals surface area contributed by atoms with Crippen LogP contribution < -0.4 is 16.6 Å². The van der Waals surface area contributed by atoms with Crippen molar-refractivity contribution in [3.8, 4) is 0 Å². The van der Waals surface area contributed by atoms with Crippen molar-refractivity contribution in [3.63, 3.8) is 0 Å². The number of carbonyl (C=O) groups excluding carboxylic acids is 2. The Bertz CT molecular complexity index is 472. The third kappa shape index (κ3) is 4.73. The Balaban J connectivity index is 1.68. The van der Waals surface area contributed by atoms with Gasteiger partial charge in [-0.15, -0.1) is 0 Å². The summed E-state index contributed by atoms with van der Waals surface area (Å²) < 4.78 is 10.5. The molecule has 2 atom stereocenters. The molecule has 7 heteroatoms. The average molecular weight is 293 g/mol. The van der Waals surface area contributed by atoms with E-state index in [2.05, 4.69) is 10.7 Å². The highest BCUT2D eigenvalue weighted by Crippen LogP contribution is 2.14. The molecular weight excluding hydrogens is 274 g/mol. The Hall–Kier alpha value is -2.12. The molecule has 1 aromatic carbocycles. The third-order valence-corrected chi connectivity index (χ3v) is 3.25. The van der Waals surface area contributed by atoms with Crippen LogP contribution in [0.15, 0.2) is 30.3 Å². The molecule has 0 unspecified atom stereocenters. The van der Waals surface area contributed by atoms with Gasteiger partial charge in [-0.2, -0.15) is 0 Å². The second-order valence-electron chi connectivity index (χ2n) is 4.81. The molecule has 1 aromatic rings. The number of ether oxygens (including phenoxy) is 2. The molecule has 4 N–H and O–H groups in total. The minimum Gasteiger partial charge on any atom is -0.445 e. The number of benzene rings is 1. The molecule has 1 saturated heterocycles. The van der Waals surface area contributed by atoms with E-state index in [0.29, 0.717) is 12.8 Å². The monoisotopic (exact) mass is 293 g/mol. The first-order valence-electron chi connectivity index (χ1n) is 6.78. The standard InChI is InChI=1S/C14H19N3O4/c15-17-13(18)12-7-6-11(9-20-12)16-14(19)21-8-10-4-2-1-3-5-10/h1-5,11-12H,6-9,15H2,(H,16,19)(H,17,18)/t11-,12+/m1/s1. The van der Waals surface area contributed by atoms with Gasteiger partial charge in [-0.05, 0) is 18.4 Å². The SMILES string of the molecule is NNC(=O)[C@@H]1CC[C@@H](NC(=O)OCc2ccccc2)CO1. The largest absolute Gasteiger partial charge is 0.445 e. The van der Waals surface area contributed by atoms with Crippen LogP contribution in [0.2, 0.25) is 0 Å². The minimum absolute atomic E-state index is 0.157. The Morgan fingerprint density at radius 2 is 2.05 bits per heavy atom. The Morgan fingerprint density at radius 3 is 2.67 bits per heavy atom. The van der Waals surface area contributed by atoms with E-state index in [0.717, 1.165) is 5.56 Å². The first-order chi connectivity index (χ1) is 10.2. The van der Waals surface area contributed by atoms with Crippen LogP contribution in [0.1, 0.15) is 18.4 Å². The Morgan fingerprint density at radius 1 is 1.29 bits per heavy atom. The normalized spacial score (nSPS) is 21.4. The molecule has 1 fully saturated rings. The smallest absolute Gasteiger partial charge is 0.407 e. The van der Waals surface area contributed by atoms with E-state index < -0.39 is 12.2 Å². The molecule has 21 heavy (non-hydrogen) atoms. The number of hydrogen-bond acceptors (Lipinski definition) is 5. The van der Waals surface area contributed by atoms with Gasteiger partial charge in [0.2, 0.25) is 0 Å². The van der Waals surface area contributed by atoms with Crippen molar-refractivity contribution in [3.05, 3.63) is 35.9 Å². The van der Waals surface area contributed by atoms with Gasteiger partial charge in [0.15, 0.2) is 0 Å². The lowest BCUT2D eigenvalue weighted by atomic mass is 10.0. The molecule has 0 spiro atoms. The first-order valence-corrected chi connectivity index (χ1v) is 6.78. The first kappa shape index (κ1) is 15.3. The number of hydrogen-bond donors (Lipinski definition) is 3. The molecule has 7 nitrogen and oxygen atoms in total. The molecule has 1 aliphatic heterocycles. The average Bonchev–Trinajstić information content (AvgIpc) is 2.54. The van der Waals surface area contributed by atoms with Gasteiger partial charge in [-0.1, -0.05) is 30.3 Å². The zero-order valence-corrected chi connectivity index (χ0v) is 11.6. The number of hydrazine groups is 1. The van der Waals surface area contributed by atoms with Crippen LogP contribution >= 0.6 is 0 Å². The molecule has 1 aliphatic rings. The molecule has 2 rings (SSSR count). The van der Waals surface area contributed by atoms with E-state index in [-0.39, 0.29) is 25.2 Å². The van der Waals surface area contributed by atoms with E-state index in [9.17, 15) is 9.59 Å². The van der Waals surface area contributed by atoms with Gasteiger partial charge in [0.05, 0.1) is 12.6 Å². The molecule has 0 aromatic heterocycles. The maximum atomic E-state index is 11.7. The summed E-state index contributed by atoms with van der Waals surface area (Å²) in [6.45, 7) is 0.483. The van der Waals surface area contributed by atoms with Gasteiger partial charge in [0.25, 0.3) is 5.91 Å². The lowest BCUT2D eigenvalue weighted by Crippen LogP contribution is -2.48. The van der Waals surface area contributed by atoms with E-state index in [4.69, 9.17) is 15.3 Å². The van der Waals surface area contributed by atoms with Crippen LogP contribution in [0, 0.1) is 0 Å². The van der Waals surface area contributed by atoms with Crippen LogP contribution in [-0.4, -0.2) is 30.8 Å². The molecular formula is C14H19N3O4. The maximum absolute atomic E-state index is 11.7. The second-order valence-corrected chi connectivity index (χ2v) is 4.81. The van der Waals surface area contributed by atoms with Crippen molar-refractivity contribution >= 4 is 12.0 Å². The lowest BCUT2D eigenvalue weighted by molar-refractivity contribution is -0.136. The second kappa shape index (κ2) is 7.61. The summed E-state index contributed by atoms with van der Waals surface area (Å²) in [5, 5.41) is 2.72. The Kier molecular flexibility index (Phi) is 5.53. The van der Waals surface area contributed by atoms with Crippen LogP contribution in [0.3, 0.4) is 0 Å². The summed E-state index contributed by atoms with van der Waals surface area (Å²) in [5.74, 6) is 4.70. The number of nitrogens with two attached hydrogens (primary N) is 1.